The first-order chi connectivity index (χ1) is 16.6. The number of hydrogen-bond donors (Lipinski definition) is 1. The predicted molar refractivity (Wildman–Crippen MR) is 138 cm³/mol. The summed E-state index contributed by atoms with van der Waals surface area (Å²) >= 11 is 0. The van der Waals surface area contributed by atoms with E-state index in [0.29, 0.717) is 5.69 Å². The molecule has 0 aromatic heterocycles. The summed E-state index contributed by atoms with van der Waals surface area (Å²) in [6, 6.07) is 8.92. The van der Waals surface area contributed by atoms with Crippen LogP contribution in [0.2, 0.25) is 0 Å². The predicted octanol–water partition coefficient (Wildman–Crippen LogP) is 5.83. The van der Waals surface area contributed by atoms with E-state index in [1.165, 1.54) is 36.4 Å². The Morgan fingerprint density at radius 1 is 0.944 bits per heavy atom. The highest BCUT2D eigenvalue weighted by Gasteiger charge is 2.30. The van der Waals surface area contributed by atoms with Gasteiger partial charge in [-0.2, -0.15) is 0 Å². The summed E-state index contributed by atoms with van der Waals surface area (Å²) in [4.78, 5) is 40.1. The number of ether oxygens (including phenoxy) is 2. The van der Waals surface area contributed by atoms with E-state index >= 15 is 0 Å². The van der Waals surface area contributed by atoms with Crippen molar-refractivity contribution in [1.29, 1.82) is 0 Å². The van der Waals surface area contributed by atoms with Crippen molar-refractivity contribution in [3.05, 3.63) is 70.7 Å². The third kappa shape index (κ3) is 6.93. The second-order valence-electron chi connectivity index (χ2n) is 10.7. The molecule has 8 heteroatoms. The SMILES string of the molecule is COC(=O)Oc1cc(NC(=O)/C(=C\N(C)C)C(=O)c2ccccc2F)c(C(C)(C)C)cc1C(C)(C)C. The zero-order chi connectivity index (χ0) is 27.4. The fourth-order valence-corrected chi connectivity index (χ4v) is 3.56. The van der Waals surface area contributed by atoms with Crippen LogP contribution in [0.25, 0.3) is 0 Å². The van der Waals surface area contributed by atoms with Crippen LogP contribution in [0.4, 0.5) is 14.9 Å². The van der Waals surface area contributed by atoms with Gasteiger partial charge in [-0.3, -0.25) is 9.59 Å². The van der Waals surface area contributed by atoms with Gasteiger partial charge in [0.25, 0.3) is 5.91 Å². The number of amides is 1. The van der Waals surface area contributed by atoms with Crippen LogP contribution in [0.15, 0.2) is 48.2 Å². The Labute approximate surface area is 212 Å². The maximum Gasteiger partial charge on any atom is 0.513 e. The average Bonchev–Trinajstić information content (AvgIpc) is 2.75. The van der Waals surface area contributed by atoms with Gasteiger partial charge in [-0.15, -0.1) is 0 Å². The van der Waals surface area contributed by atoms with Gasteiger partial charge in [-0.05, 0) is 34.6 Å². The van der Waals surface area contributed by atoms with Crippen molar-refractivity contribution in [2.24, 2.45) is 0 Å². The van der Waals surface area contributed by atoms with Gasteiger partial charge < -0.3 is 19.7 Å². The van der Waals surface area contributed by atoms with Gasteiger partial charge in [0.2, 0.25) is 5.78 Å². The molecule has 0 spiro atoms. The molecule has 194 valence electrons. The van der Waals surface area contributed by atoms with Crippen LogP contribution in [-0.2, 0) is 20.4 Å². The molecule has 2 rings (SSSR count). The van der Waals surface area contributed by atoms with Gasteiger partial charge >= 0.3 is 6.16 Å². The molecule has 0 fully saturated rings. The molecule has 1 amide bonds. The number of methoxy groups -OCH3 is 1. The monoisotopic (exact) mass is 498 g/mol. The first-order valence-corrected chi connectivity index (χ1v) is 11.5. The lowest BCUT2D eigenvalue weighted by molar-refractivity contribution is -0.112. The number of rotatable bonds is 6. The van der Waals surface area contributed by atoms with Crippen LogP contribution >= 0.6 is 0 Å². The molecule has 0 saturated heterocycles. The number of carbonyl (C=O) groups excluding carboxylic acids is 3. The van der Waals surface area contributed by atoms with Crippen molar-refractivity contribution in [2.45, 2.75) is 52.4 Å². The van der Waals surface area contributed by atoms with Crippen molar-refractivity contribution in [1.82, 2.24) is 4.90 Å². The van der Waals surface area contributed by atoms with E-state index in [1.807, 2.05) is 47.6 Å². The molecule has 0 saturated carbocycles. The number of hydrogen-bond acceptors (Lipinski definition) is 6. The van der Waals surface area contributed by atoms with Gasteiger partial charge in [0.1, 0.15) is 17.1 Å². The molecule has 7 nitrogen and oxygen atoms in total. The van der Waals surface area contributed by atoms with Gasteiger partial charge in [-0.1, -0.05) is 53.7 Å². The second-order valence-corrected chi connectivity index (χ2v) is 10.7. The number of halogens is 1. The number of benzene rings is 2. The van der Waals surface area contributed by atoms with E-state index in [0.717, 1.165) is 17.2 Å². The van der Waals surface area contributed by atoms with Crippen molar-refractivity contribution in [2.75, 3.05) is 26.5 Å². The zero-order valence-electron chi connectivity index (χ0n) is 22.4. The number of nitrogens with zero attached hydrogens (tertiary/aromatic N) is 1. The van der Waals surface area contributed by atoms with E-state index in [9.17, 15) is 18.8 Å². The third-order valence-corrected chi connectivity index (χ3v) is 5.34. The molecule has 0 aliphatic carbocycles. The van der Waals surface area contributed by atoms with Crippen molar-refractivity contribution in [3.8, 4) is 5.75 Å². The molecular weight excluding hydrogens is 463 g/mol. The van der Waals surface area contributed by atoms with E-state index < -0.39 is 34.5 Å². The van der Waals surface area contributed by atoms with Crippen LogP contribution in [0.5, 0.6) is 5.75 Å². The fourth-order valence-electron chi connectivity index (χ4n) is 3.56. The van der Waals surface area contributed by atoms with Gasteiger partial charge in [0.15, 0.2) is 0 Å². The highest BCUT2D eigenvalue weighted by molar-refractivity contribution is 6.28. The fraction of sp³-hybridized carbons (Fsp3) is 0.393. The van der Waals surface area contributed by atoms with Crippen LogP contribution in [0, 0.1) is 5.82 Å². The highest BCUT2D eigenvalue weighted by Crippen LogP contribution is 2.40. The Balaban J connectivity index is 2.66. The molecule has 0 radical (unpaired) electrons. The topological polar surface area (TPSA) is 84.9 Å². The molecule has 0 atom stereocenters. The van der Waals surface area contributed by atoms with Gasteiger partial charge in [0, 0.05) is 37.6 Å². The minimum atomic E-state index is -0.899. The molecule has 0 aliphatic rings. The summed E-state index contributed by atoms with van der Waals surface area (Å²) in [7, 11) is 4.52. The minimum Gasteiger partial charge on any atom is -0.437 e. The first kappa shape index (κ1) is 28.6. The molecule has 2 aromatic rings. The molecule has 0 unspecified atom stereocenters. The Kier molecular flexibility index (Phi) is 8.67. The summed E-state index contributed by atoms with van der Waals surface area (Å²) in [5.74, 6) is -1.99. The Morgan fingerprint density at radius 3 is 2.03 bits per heavy atom. The largest absolute Gasteiger partial charge is 0.513 e. The summed E-state index contributed by atoms with van der Waals surface area (Å²) < 4.78 is 24.4. The molecule has 36 heavy (non-hydrogen) atoms. The molecule has 2 aromatic carbocycles. The number of anilines is 1. The molecule has 0 aliphatic heterocycles. The lowest BCUT2D eigenvalue weighted by Crippen LogP contribution is -2.26. The molecule has 0 heterocycles. The zero-order valence-corrected chi connectivity index (χ0v) is 22.4. The van der Waals surface area contributed by atoms with E-state index in [4.69, 9.17) is 4.74 Å². The van der Waals surface area contributed by atoms with E-state index in [2.05, 4.69) is 10.1 Å². The van der Waals surface area contributed by atoms with Crippen molar-refractivity contribution >= 4 is 23.5 Å². The van der Waals surface area contributed by atoms with Crippen molar-refractivity contribution < 1.29 is 28.2 Å². The standard InChI is InChI=1S/C28H35FN2O5/c1-27(2,3)19-14-20(28(4,5)6)23(36-26(34)35-9)15-22(19)30-25(33)18(16-31(7)8)24(32)17-12-10-11-13-21(17)29/h10-16H,1-9H3,(H,30,33)/b18-16-. The first-order valence-electron chi connectivity index (χ1n) is 11.5. The summed E-state index contributed by atoms with van der Waals surface area (Å²) in [5, 5.41) is 2.79. The number of ketones is 1. The third-order valence-electron chi connectivity index (χ3n) is 5.34. The van der Waals surface area contributed by atoms with Crippen LogP contribution in [0.1, 0.15) is 63.0 Å². The van der Waals surface area contributed by atoms with Gasteiger partial charge in [0.05, 0.1) is 12.7 Å². The number of Topliss-reactive ketones (excluding diaryl/α,β-unsaturated/α-hetero) is 1. The molecular formula is C28H35FN2O5. The lowest BCUT2D eigenvalue weighted by atomic mass is 9.79. The normalized spacial score (nSPS) is 12.1. The maximum absolute atomic E-state index is 14.4. The summed E-state index contributed by atoms with van der Waals surface area (Å²) in [6.07, 6.45) is 0.445. The summed E-state index contributed by atoms with van der Waals surface area (Å²) in [6.45, 7) is 11.9. The van der Waals surface area contributed by atoms with Crippen LogP contribution in [0.3, 0.4) is 0 Å². The quantitative estimate of drug-likeness (QED) is 0.135. The smallest absolute Gasteiger partial charge is 0.437 e. The molecule has 0 bridgehead atoms. The maximum atomic E-state index is 14.4. The van der Waals surface area contributed by atoms with Gasteiger partial charge in [-0.25, -0.2) is 9.18 Å². The molecule has 1 N–H and O–H groups in total. The Morgan fingerprint density at radius 2 is 1.53 bits per heavy atom. The second kappa shape index (κ2) is 10.9. The van der Waals surface area contributed by atoms with Crippen LogP contribution in [-0.4, -0.2) is 44.0 Å². The van der Waals surface area contributed by atoms with E-state index in [1.54, 1.807) is 20.2 Å². The number of carbonyl (C=O) groups is 3. The summed E-state index contributed by atoms with van der Waals surface area (Å²) in [5.41, 5.74) is 0.568. The van der Waals surface area contributed by atoms with Crippen molar-refractivity contribution in [3.63, 3.8) is 0 Å². The Hall–Kier alpha value is -3.68. The Bertz CT molecular complexity index is 1190. The number of nitrogens with one attached hydrogen (secondary N) is 1. The highest BCUT2D eigenvalue weighted by atomic mass is 19.1. The average molecular weight is 499 g/mol. The minimum absolute atomic E-state index is 0.213. The van der Waals surface area contributed by atoms with E-state index in [-0.39, 0.29) is 16.9 Å². The lowest BCUT2D eigenvalue weighted by Gasteiger charge is -2.29. The van der Waals surface area contributed by atoms with Crippen LogP contribution < -0.4 is 10.1 Å².